The Morgan fingerprint density at radius 1 is 1.53 bits per heavy atom. The van der Waals surface area contributed by atoms with E-state index in [1.807, 2.05) is 6.92 Å². The van der Waals surface area contributed by atoms with Gasteiger partial charge in [0.05, 0.1) is 0 Å². The summed E-state index contributed by atoms with van der Waals surface area (Å²) in [6, 6.07) is -0.982. The van der Waals surface area contributed by atoms with Crippen LogP contribution in [0.1, 0.15) is 25.5 Å². The first-order valence-corrected chi connectivity index (χ1v) is 11.1. The SMILES string of the molecule is CCC/C=C(\Cl)C1=C(C(=O)O)N2C(=O)[C@@H](NC(=O)/C(=N\O)c3csc(N)n3)[C@H]2SC1. The molecule has 13 heteroatoms. The van der Waals surface area contributed by atoms with Crippen LogP contribution in [0.25, 0.3) is 0 Å². The lowest BCUT2D eigenvalue weighted by molar-refractivity contribution is -0.150. The first-order valence-electron chi connectivity index (χ1n) is 8.81. The molecule has 1 aromatic rings. The van der Waals surface area contributed by atoms with Crippen LogP contribution in [0.3, 0.4) is 0 Å². The number of hydrogen-bond acceptors (Lipinski definition) is 9. The minimum absolute atomic E-state index is 0.0682. The number of carbonyl (C=O) groups is 3. The van der Waals surface area contributed by atoms with Crippen LogP contribution >= 0.6 is 34.7 Å². The van der Waals surface area contributed by atoms with Crippen molar-refractivity contribution in [3.05, 3.63) is 33.5 Å². The number of nitrogen functional groups attached to an aromatic ring is 1. The molecule has 30 heavy (non-hydrogen) atoms. The number of oxime groups is 1. The first kappa shape index (κ1) is 22.1. The van der Waals surface area contributed by atoms with E-state index in [4.69, 9.17) is 17.3 Å². The van der Waals surface area contributed by atoms with Gasteiger partial charge in [-0.25, -0.2) is 9.78 Å². The van der Waals surface area contributed by atoms with E-state index in [1.54, 1.807) is 6.08 Å². The number of aliphatic carboxylic acids is 1. The van der Waals surface area contributed by atoms with E-state index in [-0.39, 0.29) is 22.3 Å². The van der Waals surface area contributed by atoms with Crippen LogP contribution in [0.4, 0.5) is 5.13 Å². The van der Waals surface area contributed by atoms with E-state index in [9.17, 15) is 24.7 Å². The predicted octanol–water partition coefficient (Wildman–Crippen LogP) is 1.56. The molecule has 0 aromatic carbocycles. The van der Waals surface area contributed by atoms with E-state index in [2.05, 4.69) is 15.5 Å². The maximum atomic E-state index is 12.7. The highest BCUT2D eigenvalue weighted by Crippen LogP contribution is 2.42. The lowest BCUT2D eigenvalue weighted by Gasteiger charge is -2.49. The fourth-order valence-electron chi connectivity index (χ4n) is 3.02. The van der Waals surface area contributed by atoms with Gasteiger partial charge >= 0.3 is 5.97 Å². The standard InChI is InChI=1S/C17H18ClN5O5S2/c1-2-3-4-8(18)7-5-29-15-11(14(25)23(15)12(7)16(26)27)21-13(24)10(22-28)9-6-30-17(19)20-9/h4,6,11,15,28H,2-3,5H2,1H3,(H2,19,20)(H,21,24)(H,26,27)/b8-4-,22-10-/t11-,15-/m1/s1. The van der Waals surface area contributed by atoms with Gasteiger partial charge in [0.1, 0.15) is 22.8 Å². The molecule has 0 aliphatic carbocycles. The largest absolute Gasteiger partial charge is 0.477 e. The van der Waals surface area contributed by atoms with Crippen molar-refractivity contribution in [3.63, 3.8) is 0 Å². The Morgan fingerprint density at radius 2 is 2.27 bits per heavy atom. The number of carboxylic acid groups (broad SMARTS) is 1. The van der Waals surface area contributed by atoms with Gasteiger partial charge in [-0.3, -0.25) is 14.5 Å². The van der Waals surface area contributed by atoms with E-state index in [1.165, 1.54) is 17.1 Å². The molecule has 1 aromatic heterocycles. The molecule has 0 unspecified atom stereocenters. The molecule has 0 spiro atoms. The summed E-state index contributed by atoms with van der Waals surface area (Å²) in [4.78, 5) is 42.0. The Balaban J connectivity index is 1.80. The predicted molar refractivity (Wildman–Crippen MR) is 113 cm³/mol. The summed E-state index contributed by atoms with van der Waals surface area (Å²) in [7, 11) is 0. The minimum Gasteiger partial charge on any atom is -0.477 e. The van der Waals surface area contributed by atoms with Gasteiger partial charge in [0.2, 0.25) is 0 Å². The second-order valence-electron chi connectivity index (χ2n) is 6.35. The molecule has 0 bridgehead atoms. The molecule has 2 amide bonds. The Kier molecular flexibility index (Phi) is 6.68. The number of β-lactam (4-membered cyclic amide) rings is 1. The van der Waals surface area contributed by atoms with Gasteiger partial charge < -0.3 is 21.4 Å². The van der Waals surface area contributed by atoms with Gasteiger partial charge in [0.15, 0.2) is 10.8 Å². The summed E-state index contributed by atoms with van der Waals surface area (Å²) >= 11 is 8.62. The van der Waals surface area contributed by atoms with Crippen molar-refractivity contribution in [2.75, 3.05) is 11.5 Å². The van der Waals surface area contributed by atoms with Gasteiger partial charge in [0.25, 0.3) is 11.8 Å². The number of aromatic nitrogens is 1. The maximum Gasteiger partial charge on any atom is 0.353 e. The molecule has 5 N–H and O–H groups in total. The van der Waals surface area contributed by atoms with Crippen LogP contribution < -0.4 is 11.1 Å². The maximum absolute atomic E-state index is 12.7. The summed E-state index contributed by atoms with van der Waals surface area (Å²) in [5.41, 5.74) is 5.39. The fraction of sp³-hybridized carbons (Fsp3) is 0.353. The number of rotatable bonds is 7. The summed E-state index contributed by atoms with van der Waals surface area (Å²) in [6.45, 7) is 1.97. The second kappa shape index (κ2) is 9.06. The van der Waals surface area contributed by atoms with Gasteiger partial charge in [-0.05, 0) is 6.42 Å². The number of halogens is 1. The van der Waals surface area contributed by atoms with Crippen LogP contribution in [0, 0.1) is 0 Å². The number of unbranched alkanes of at least 4 members (excludes halogenated alkanes) is 1. The number of nitrogens with two attached hydrogens (primary N) is 1. The van der Waals surface area contributed by atoms with Crippen molar-refractivity contribution in [2.24, 2.45) is 5.16 Å². The molecule has 0 radical (unpaired) electrons. The van der Waals surface area contributed by atoms with E-state index < -0.39 is 34.9 Å². The van der Waals surface area contributed by atoms with Gasteiger partial charge in [-0.15, -0.1) is 23.1 Å². The molecule has 160 valence electrons. The number of nitrogens with zero attached hydrogens (tertiary/aromatic N) is 3. The zero-order chi connectivity index (χ0) is 22.0. The average Bonchev–Trinajstić information content (AvgIpc) is 3.15. The quantitative estimate of drug-likeness (QED) is 0.202. The summed E-state index contributed by atoms with van der Waals surface area (Å²) in [6.07, 6.45) is 3.26. The Hall–Kier alpha value is -2.57. The van der Waals surface area contributed by atoms with E-state index in [0.717, 1.165) is 22.7 Å². The van der Waals surface area contributed by atoms with Crippen molar-refractivity contribution in [2.45, 2.75) is 31.2 Å². The highest BCUT2D eigenvalue weighted by atomic mass is 35.5. The third kappa shape index (κ3) is 4.02. The number of nitrogens with one attached hydrogen (secondary N) is 1. The molecule has 3 rings (SSSR count). The number of hydrogen-bond donors (Lipinski definition) is 4. The van der Waals surface area contributed by atoms with Gasteiger partial charge in [-0.2, -0.15) is 0 Å². The monoisotopic (exact) mass is 471 g/mol. The molecule has 0 saturated carbocycles. The molecule has 2 aliphatic heterocycles. The van der Waals surface area contributed by atoms with Crippen molar-refractivity contribution in [3.8, 4) is 0 Å². The molecule has 2 atom stereocenters. The number of fused-ring (bicyclic) bond motifs is 1. The summed E-state index contributed by atoms with van der Waals surface area (Å²) in [5.74, 6) is -2.42. The van der Waals surface area contributed by atoms with Gasteiger partial charge in [-0.1, -0.05) is 36.2 Å². The van der Waals surface area contributed by atoms with Crippen molar-refractivity contribution >= 4 is 63.3 Å². The molecular formula is C17H18ClN5O5S2. The van der Waals surface area contributed by atoms with Crippen LogP contribution in [-0.4, -0.2) is 60.9 Å². The highest BCUT2D eigenvalue weighted by molar-refractivity contribution is 8.00. The molecule has 3 heterocycles. The molecule has 1 saturated heterocycles. The van der Waals surface area contributed by atoms with Gasteiger partial charge in [0, 0.05) is 21.7 Å². The molecule has 2 aliphatic rings. The average molecular weight is 472 g/mol. The Bertz CT molecular complexity index is 989. The van der Waals surface area contributed by atoms with Crippen molar-refractivity contribution in [1.82, 2.24) is 15.2 Å². The van der Waals surface area contributed by atoms with Crippen molar-refractivity contribution in [1.29, 1.82) is 0 Å². The van der Waals surface area contributed by atoms with Crippen LogP contribution in [0.15, 0.2) is 32.9 Å². The number of amides is 2. The van der Waals surface area contributed by atoms with Crippen LogP contribution in [0.2, 0.25) is 0 Å². The highest BCUT2D eigenvalue weighted by Gasteiger charge is 2.54. The smallest absolute Gasteiger partial charge is 0.353 e. The molecular weight excluding hydrogens is 454 g/mol. The Labute approximate surface area is 184 Å². The van der Waals surface area contributed by atoms with E-state index in [0.29, 0.717) is 17.0 Å². The molecule has 10 nitrogen and oxygen atoms in total. The van der Waals surface area contributed by atoms with Crippen LogP contribution in [0.5, 0.6) is 0 Å². The lowest BCUT2D eigenvalue weighted by Crippen LogP contribution is -2.71. The second-order valence-corrected chi connectivity index (χ2v) is 8.76. The Morgan fingerprint density at radius 3 is 2.83 bits per heavy atom. The zero-order valence-corrected chi connectivity index (χ0v) is 18.1. The number of carboxylic acids is 1. The number of carbonyl (C=O) groups excluding carboxylic acids is 2. The lowest BCUT2D eigenvalue weighted by atomic mass is 10.0. The third-order valence-corrected chi connectivity index (χ3v) is 6.77. The van der Waals surface area contributed by atoms with Crippen LogP contribution in [-0.2, 0) is 14.4 Å². The third-order valence-electron chi connectivity index (χ3n) is 4.44. The summed E-state index contributed by atoms with van der Waals surface area (Å²) < 4.78 is 0. The number of thiazole rings is 1. The number of thioether (sulfide) groups is 1. The number of anilines is 1. The van der Waals surface area contributed by atoms with E-state index >= 15 is 0 Å². The topological polar surface area (TPSA) is 158 Å². The van der Waals surface area contributed by atoms with Crippen molar-refractivity contribution < 1.29 is 24.7 Å². The number of allylic oxidation sites excluding steroid dienone is 2. The normalized spacial score (nSPS) is 21.9. The zero-order valence-electron chi connectivity index (χ0n) is 15.7. The molecule has 1 fully saturated rings. The first-order chi connectivity index (χ1) is 14.3. The summed E-state index contributed by atoms with van der Waals surface area (Å²) in [5, 5.41) is 25.6. The fourth-order valence-corrected chi connectivity index (χ4v) is 5.27. The minimum atomic E-state index is -1.27.